The van der Waals surface area contributed by atoms with Gasteiger partial charge in [-0.05, 0) is 13.0 Å². The zero-order chi connectivity index (χ0) is 15.8. The molecule has 1 aromatic rings. The fourth-order valence-electron chi connectivity index (χ4n) is 1.33. The first-order valence-electron chi connectivity index (χ1n) is 5.82. The van der Waals surface area contributed by atoms with Gasteiger partial charge in [0.2, 0.25) is 0 Å². The van der Waals surface area contributed by atoms with E-state index in [1.54, 1.807) is 6.92 Å². The summed E-state index contributed by atoms with van der Waals surface area (Å²) in [6.45, 7) is 0.872. The van der Waals surface area contributed by atoms with Crippen molar-refractivity contribution >= 4 is 23.7 Å². The van der Waals surface area contributed by atoms with Gasteiger partial charge in [0.1, 0.15) is 5.56 Å². The molecule has 9 heteroatoms. The fourth-order valence-corrected chi connectivity index (χ4v) is 1.33. The first kappa shape index (κ1) is 16.1. The topological polar surface area (TPSA) is 125 Å². The maximum Gasteiger partial charge on any atom is 0.413 e. The van der Waals surface area contributed by atoms with Crippen molar-refractivity contribution in [3.8, 4) is 0 Å². The van der Waals surface area contributed by atoms with E-state index in [0.29, 0.717) is 0 Å². The van der Waals surface area contributed by atoms with Crippen LogP contribution in [0.1, 0.15) is 17.3 Å². The molecule has 0 spiro atoms. The van der Waals surface area contributed by atoms with Gasteiger partial charge < -0.3 is 9.47 Å². The average Bonchev–Trinajstić information content (AvgIpc) is 2.44. The Morgan fingerprint density at radius 3 is 2.52 bits per heavy atom. The van der Waals surface area contributed by atoms with Gasteiger partial charge in [-0.1, -0.05) is 12.1 Å². The Balaban J connectivity index is 2.60. The first-order valence-corrected chi connectivity index (χ1v) is 5.82. The molecule has 0 atom stereocenters. The lowest BCUT2D eigenvalue weighted by molar-refractivity contribution is -0.385. The van der Waals surface area contributed by atoms with E-state index < -0.39 is 35.2 Å². The summed E-state index contributed by atoms with van der Waals surface area (Å²) in [6, 6.07) is 5.14. The molecule has 0 saturated carbocycles. The minimum atomic E-state index is -1.04. The second kappa shape index (κ2) is 7.58. The summed E-state index contributed by atoms with van der Waals surface area (Å²) in [7, 11) is 0. The third kappa shape index (κ3) is 4.90. The number of nitro benzene ring substituents is 1. The van der Waals surface area contributed by atoms with Gasteiger partial charge in [-0.2, -0.15) is 0 Å². The number of nitro groups is 1. The molecule has 0 aliphatic rings. The Morgan fingerprint density at radius 1 is 1.24 bits per heavy atom. The van der Waals surface area contributed by atoms with Crippen LogP contribution in [0, 0.1) is 10.1 Å². The smallest absolute Gasteiger partial charge is 0.413 e. The summed E-state index contributed by atoms with van der Waals surface area (Å²) in [5, 5.41) is 12.6. The molecule has 0 aromatic heterocycles. The molecule has 9 nitrogen and oxygen atoms in total. The number of nitrogens with one attached hydrogen (secondary N) is 1. The quantitative estimate of drug-likeness (QED) is 0.488. The minimum Gasteiger partial charge on any atom is -0.452 e. The van der Waals surface area contributed by atoms with Crippen molar-refractivity contribution in [2.45, 2.75) is 6.92 Å². The van der Waals surface area contributed by atoms with E-state index in [2.05, 4.69) is 9.47 Å². The van der Waals surface area contributed by atoms with Crippen molar-refractivity contribution in [3.05, 3.63) is 39.9 Å². The van der Waals surface area contributed by atoms with Crippen molar-refractivity contribution in [1.29, 1.82) is 0 Å². The molecular formula is C12H12N2O7. The summed E-state index contributed by atoms with van der Waals surface area (Å²) >= 11 is 0. The molecule has 0 bridgehead atoms. The monoisotopic (exact) mass is 296 g/mol. The number of nitrogens with zero attached hydrogens (tertiary/aromatic N) is 1. The number of ether oxygens (including phenoxy) is 2. The maximum absolute atomic E-state index is 11.7. The van der Waals surface area contributed by atoms with Gasteiger partial charge in [-0.15, -0.1) is 0 Å². The van der Waals surface area contributed by atoms with Crippen LogP contribution in [-0.4, -0.2) is 36.1 Å². The highest BCUT2D eigenvalue weighted by Gasteiger charge is 2.21. The van der Waals surface area contributed by atoms with Gasteiger partial charge in [0.15, 0.2) is 6.61 Å². The zero-order valence-electron chi connectivity index (χ0n) is 11.0. The summed E-state index contributed by atoms with van der Waals surface area (Å²) in [5.74, 6) is -1.94. The molecule has 0 fully saturated rings. The van der Waals surface area contributed by atoms with Crippen LogP contribution in [0.3, 0.4) is 0 Å². The van der Waals surface area contributed by atoms with Crippen LogP contribution in [0.4, 0.5) is 10.5 Å². The Morgan fingerprint density at radius 2 is 1.90 bits per heavy atom. The van der Waals surface area contributed by atoms with Gasteiger partial charge >= 0.3 is 12.1 Å². The zero-order valence-corrected chi connectivity index (χ0v) is 11.0. The van der Waals surface area contributed by atoms with Crippen molar-refractivity contribution in [1.82, 2.24) is 5.32 Å². The van der Waals surface area contributed by atoms with Gasteiger partial charge in [-0.25, -0.2) is 9.59 Å². The van der Waals surface area contributed by atoms with Gasteiger partial charge in [0, 0.05) is 6.07 Å². The number of para-hydroxylation sites is 1. The number of carbonyl (C=O) groups is 3. The van der Waals surface area contributed by atoms with E-state index in [4.69, 9.17) is 0 Å². The van der Waals surface area contributed by atoms with Crippen LogP contribution in [0.5, 0.6) is 0 Å². The summed E-state index contributed by atoms with van der Waals surface area (Å²) in [5.41, 5.74) is -0.722. The number of alkyl carbamates (subject to hydrolysis) is 1. The Bertz CT molecular complexity index is 570. The highest BCUT2D eigenvalue weighted by Crippen LogP contribution is 2.18. The van der Waals surface area contributed by atoms with E-state index in [-0.39, 0.29) is 12.2 Å². The second-order valence-electron chi connectivity index (χ2n) is 3.62. The van der Waals surface area contributed by atoms with Gasteiger partial charge in [0.25, 0.3) is 11.6 Å². The molecule has 1 rings (SSSR count). The molecule has 2 amide bonds. The number of esters is 1. The minimum absolute atomic E-state index is 0.0785. The molecule has 0 aliphatic carbocycles. The van der Waals surface area contributed by atoms with Crippen LogP contribution >= 0.6 is 0 Å². The van der Waals surface area contributed by atoms with Crippen molar-refractivity contribution < 1.29 is 28.8 Å². The lowest BCUT2D eigenvalue weighted by Gasteiger charge is -2.06. The van der Waals surface area contributed by atoms with E-state index >= 15 is 0 Å². The van der Waals surface area contributed by atoms with E-state index in [0.717, 1.165) is 6.07 Å². The molecule has 0 saturated heterocycles. The molecule has 0 heterocycles. The predicted molar refractivity (Wildman–Crippen MR) is 68.5 cm³/mol. The molecule has 0 radical (unpaired) electrons. The van der Waals surface area contributed by atoms with Crippen molar-refractivity contribution in [2.75, 3.05) is 13.2 Å². The standard InChI is InChI=1S/C12H12N2O7/c1-2-20-12(17)13-10(15)7-21-11(16)8-5-3-4-6-9(8)14(18)19/h3-6H,2,7H2,1H3,(H,13,15,17). The Labute approximate surface area is 119 Å². The summed E-state index contributed by atoms with van der Waals surface area (Å²) in [4.78, 5) is 43.8. The molecule has 112 valence electrons. The largest absolute Gasteiger partial charge is 0.452 e. The number of hydrogen-bond acceptors (Lipinski definition) is 7. The molecule has 21 heavy (non-hydrogen) atoms. The van der Waals surface area contributed by atoms with Gasteiger partial charge in [-0.3, -0.25) is 20.2 Å². The predicted octanol–water partition coefficient (Wildman–Crippen LogP) is 1.02. The fraction of sp³-hybridized carbons (Fsp3) is 0.250. The first-order chi connectivity index (χ1) is 9.95. The highest BCUT2D eigenvalue weighted by molar-refractivity contribution is 5.97. The molecular weight excluding hydrogens is 284 g/mol. The van der Waals surface area contributed by atoms with Crippen LogP contribution in [0.2, 0.25) is 0 Å². The second-order valence-corrected chi connectivity index (χ2v) is 3.62. The lowest BCUT2D eigenvalue weighted by Crippen LogP contribution is -2.34. The van der Waals surface area contributed by atoms with Crippen LogP contribution in [-0.2, 0) is 14.3 Å². The third-order valence-electron chi connectivity index (χ3n) is 2.17. The number of rotatable bonds is 5. The lowest BCUT2D eigenvalue weighted by atomic mass is 10.2. The normalized spacial score (nSPS) is 9.57. The van der Waals surface area contributed by atoms with Crippen molar-refractivity contribution in [2.24, 2.45) is 0 Å². The molecule has 1 N–H and O–H groups in total. The van der Waals surface area contributed by atoms with E-state index in [9.17, 15) is 24.5 Å². The number of hydrogen-bond donors (Lipinski definition) is 1. The van der Waals surface area contributed by atoms with Crippen LogP contribution in [0.25, 0.3) is 0 Å². The Kier molecular flexibility index (Phi) is 5.80. The van der Waals surface area contributed by atoms with Crippen LogP contribution in [0.15, 0.2) is 24.3 Å². The molecule has 1 aromatic carbocycles. The summed E-state index contributed by atoms with van der Waals surface area (Å²) in [6.07, 6.45) is -0.968. The number of amides is 2. The molecule has 0 aliphatic heterocycles. The summed E-state index contributed by atoms with van der Waals surface area (Å²) < 4.78 is 9.05. The van der Waals surface area contributed by atoms with E-state index in [1.807, 2.05) is 5.32 Å². The number of benzene rings is 1. The molecule has 0 unspecified atom stereocenters. The third-order valence-corrected chi connectivity index (χ3v) is 2.17. The average molecular weight is 296 g/mol. The van der Waals surface area contributed by atoms with Gasteiger partial charge in [0.05, 0.1) is 11.5 Å². The number of imide groups is 1. The van der Waals surface area contributed by atoms with E-state index in [1.165, 1.54) is 18.2 Å². The number of carbonyl (C=O) groups excluding carboxylic acids is 3. The van der Waals surface area contributed by atoms with Crippen molar-refractivity contribution in [3.63, 3.8) is 0 Å². The highest BCUT2D eigenvalue weighted by atomic mass is 16.6. The van der Waals surface area contributed by atoms with Crippen LogP contribution < -0.4 is 5.32 Å². The Hall–Kier alpha value is -2.97. The maximum atomic E-state index is 11.7. The SMILES string of the molecule is CCOC(=O)NC(=O)COC(=O)c1ccccc1[N+](=O)[O-].